The van der Waals surface area contributed by atoms with Gasteiger partial charge in [-0.15, -0.1) is 0 Å². The van der Waals surface area contributed by atoms with Crippen molar-refractivity contribution in [2.75, 3.05) is 31.6 Å². The van der Waals surface area contributed by atoms with Crippen molar-refractivity contribution >= 4 is 15.6 Å². The summed E-state index contributed by atoms with van der Waals surface area (Å²) in [4.78, 5) is 12.6. The number of carbonyl (C=O) groups excluding carboxylic acids is 1. The molecule has 0 aromatic rings. The number of rotatable bonds is 9. The number of nitrogens with zero attached hydrogens (tertiary/aromatic N) is 1. The average Bonchev–Trinajstić information content (AvgIpc) is 2.21. The first-order chi connectivity index (χ1) is 7.37. The number of hydrogen-bond donors (Lipinski definition) is 0. The average molecular weight is 249 g/mol. The monoisotopic (exact) mass is 249 g/mol. The molecular weight excluding hydrogens is 226 g/mol. The largest absolute Gasteiger partial charge is 0.305 e. The van der Waals surface area contributed by atoms with Crippen molar-refractivity contribution in [2.45, 2.75) is 33.1 Å². The second-order valence-electron chi connectivity index (χ2n) is 4.26. The molecule has 4 nitrogen and oxygen atoms in total. The Balaban J connectivity index is 3.81. The summed E-state index contributed by atoms with van der Waals surface area (Å²) >= 11 is 0. The zero-order valence-corrected chi connectivity index (χ0v) is 11.3. The summed E-state index contributed by atoms with van der Waals surface area (Å²) in [6, 6.07) is 0. The molecule has 0 aliphatic carbocycles. The van der Waals surface area contributed by atoms with Crippen molar-refractivity contribution in [3.8, 4) is 0 Å². The van der Waals surface area contributed by atoms with E-state index in [0.29, 0.717) is 19.5 Å². The molecule has 0 heterocycles. The summed E-state index contributed by atoms with van der Waals surface area (Å²) in [5, 5.41) is 0. The van der Waals surface area contributed by atoms with Crippen LogP contribution in [0.5, 0.6) is 0 Å². The molecule has 0 radical (unpaired) electrons. The van der Waals surface area contributed by atoms with Crippen molar-refractivity contribution in [3.05, 3.63) is 0 Å². The standard InChI is InChI=1S/C11H23NO3S/c1-4-5-9-16(14,15)10-8-12(3)7-6-11(2)13/h4-10H2,1-3H3. The fourth-order valence-corrected chi connectivity index (χ4v) is 2.74. The Kier molecular flexibility index (Phi) is 7.58. The van der Waals surface area contributed by atoms with E-state index in [2.05, 4.69) is 0 Å². The molecule has 0 fully saturated rings. The molecule has 0 atom stereocenters. The maximum Gasteiger partial charge on any atom is 0.151 e. The highest BCUT2D eigenvalue weighted by Gasteiger charge is 2.11. The van der Waals surface area contributed by atoms with Crippen LogP contribution in [0.1, 0.15) is 33.1 Å². The lowest BCUT2D eigenvalue weighted by Crippen LogP contribution is -2.28. The second kappa shape index (κ2) is 7.79. The Labute approximate surface area is 98.9 Å². The molecule has 0 saturated carbocycles. The summed E-state index contributed by atoms with van der Waals surface area (Å²) in [5.41, 5.74) is 0. The van der Waals surface area contributed by atoms with Gasteiger partial charge in [-0.1, -0.05) is 13.3 Å². The zero-order valence-electron chi connectivity index (χ0n) is 10.5. The molecule has 0 rings (SSSR count). The van der Waals surface area contributed by atoms with Gasteiger partial charge in [0.05, 0.1) is 11.5 Å². The van der Waals surface area contributed by atoms with Crippen molar-refractivity contribution in [3.63, 3.8) is 0 Å². The fraction of sp³-hybridized carbons (Fsp3) is 0.909. The topological polar surface area (TPSA) is 54.5 Å². The van der Waals surface area contributed by atoms with Crippen LogP contribution < -0.4 is 0 Å². The van der Waals surface area contributed by atoms with Gasteiger partial charge in [-0.25, -0.2) is 8.42 Å². The maximum absolute atomic E-state index is 11.5. The smallest absolute Gasteiger partial charge is 0.151 e. The van der Waals surface area contributed by atoms with Crippen molar-refractivity contribution < 1.29 is 13.2 Å². The molecule has 0 bridgehead atoms. The molecule has 0 aromatic carbocycles. The molecular formula is C11H23NO3S. The van der Waals surface area contributed by atoms with E-state index in [4.69, 9.17) is 0 Å². The molecule has 0 spiro atoms. The maximum atomic E-state index is 11.5. The SMILES string of the molecule is CCCCS(=O)(=O)CCN(C)CCC(C)=O. The fourth-order valence-electron chi connectivity index (χ4n) is 1.22. The second-order valence-corrected chi connectivity index (χ2v) is 6.56. The van der Waals surface area contributed by atoms with E-state index in [1.54, 1.807) is 6.92 Å². The van der Waals surface area contributed by atoms with Gasteiger partial charge in [0, 0.05) is 19.5 Å². The van der Waals surface area contributed by atoms with Crippen LogP contribution in [-0.2, 0) is 14.6 Å². The van der Waals surface area contributed by atoms with E-state index in [9.17, 15) is 13.2 Å². The van der Waals surface area contributed by atoms with Gasteiger partial charge >= 0.3 is 0 Å². The summed E-state index contributed by atoms with van der Waals surface area (Å²) in [7, 11) is -1.06. The Morgan fingerprint density at radius 3 is 2.31 bits per heavy atom. The van der Waals surface area contributed by atoms with Gasteiger partial charge in [0.2, 0.25) is 0 Å². The molecule has 0 saturated heterocycles. The van der Waals surface area contributed by atoms with Crippen LogP contribution in [0, 0.1) is 0 Å². The van der Waals surface area contributed by atoms with Crippen molar-refractivity contribution in [1.82, 2.24) is 4.90 Å². The van der Waals surface area contributed by atoms with Crippen LogP contribution in [-0.4, -0.2) is 50.7 Å². The number of sulfone groups is 1. The summed E-state index contributed by atoms with van der Waals surface area (Å²) in [5.74, 6) is 0.617. The zero-order chi connectivity index (χ0) is 12.6. The molecule has 96 valence electrons. The Hall–Kier alpha value is -0.420. The van der Waals surface area contributed by atoms with Crippen LogP contribution in [0.4, 0.5) is 0 Å². The minimum absolute atomic E-state index is 0.140. The van der Waals surface area contributed by atoms with E-state index in [1.165, 1.54) is 0 Å². The summed E-state index contributed by atoms with van der Waals surface area (Å²) < 4.78 is 23.1. The first-order valence-corrected chi connectivity index (χ1v) is 7.58. The lowest BCUT2D eigenvalue weighted by atomic mass is 10.3. The van der Waals surface area contributed by atoms with E-state index in [1.807, 2.05) is 18.9 Å². The van der Waals surface area contributed by atoms with Crippen LogP contribution in [0.15, 0.2) is 0 Å². The first-order valence-electron chi connectivity index (χ1n) is 5.76. The van der Waals surface area contributed by atoms with E-state index >= 15 is 0 Å². The predicted octanol–water partition coefficient (Wildman–Crippen LogP) is 1.11. The van der Waals surface area contributed by atoms with Gasteiger partial charge in [-0.3, -0.25) is 4.79 Å². The molecule has 0 unspecified atom stereocenters. The number of ketones is 1. The molecule has 16 heavy (non-hydrogen) atoms. The number of carbonyl (C=O) groups is 1. The van der Waals surface area contributed by atoms with Gasteiger partial charge in [-0.2, -0.15) is 0 Å². The highest BCUT2D eigenvalue weighted by atomic mass is 32.2. The van der Waals surface area contributed by atoms with E-state index in [-0.39, 0.29) is 17.3 Å². The van der Waals surface area contributed by atoms with E-state index in [0.717, 1.165) is 12.8 Å². The van der Waals surface area contributed by atoms with Gasteiger partial charge in [0.1, 0.15) is 5.78 Å². The van der Waals surface area contributed by atoms with Crippen molar-refractivity contribution in [2.24, 2.45) is 0 Å². The molecule has 0 amide bonds. The first kappa shape index (κ1) is 15.6. The van der Waals surface area contributed by atoms with Crippen LogP contribution in [0.3, 0.4) is 0 Å². The highest BCUT2D eigenvalue weighted by molar-refractivity contribution is 7.91. The number of hydrogen-bond acceptors (Lipinski definition) is 4. The summed E-state index contributed by atoms with van der Waals surface area (Å²) in [6.45, 7) is 4.68. The van der Waals surface area contributed by atoms with Crippen LogP contribution in [0.2, 0.25) is 0 Å². The minimum Gasteiger partial charge on any atom is -0.305 e. The molecule has 0 aliphatic heterocycles. The molecule has 0 aromatic heterocycles. The summed E-state index contributed by atoms with van der Waals surface area (Å²) in [6.07, 6.45) is 2.13. The third kappa shape index (κ3) is 8.85. The van der Waals surface area contributed by atoms with Gasteiger partial charge in [-0.05, 0) is 20.4 Å². The number of Topliss-reactive ketones (excluding diaryl/α,β-unsaturated/α-hetero) is 1. The Morgan fingerprint density at radius 2 is 1.81 bits per heavy atom. The lowest BCUT2D eigenvalue weighted by Gasteiger charge is -2.15. The lowest BCUT2D eigenvalue weighted by molar-refractivity contribution is -0.117. The Morgan fingerprint density at radius 1 is 1.19 bits per heavy atom. The third-order valence-corrected chi connectivity index (χ3v) is 4.15. The van der Waals surface area contributed by atoms with Crippen molar-refractivity contribution in [1.29, 1.82) is 0 Å². The molecule has 5 heteroatoms. The van der Waals surface area contributed by atoms with Gasteiger partial charge < -0.3 is 4.90 Å². The normalized spacial score (nSPS) is 12.0. The van der Waals surface area contributed by atoms with Crippen LogP contribution >= 0.6 is 0 Å². The minimum atomic E-state index is -2.90. The molecule has 0 N–H and O–H groups in total. The molecule has 0 aliphatic rings. The third-order valence-electron chi connectivity index (χ3n) is 2.44. The quantitative estimate of drug-likeness (QED) is 0.614. The highest BCUT2D eigenvalue weighted by Crippen LogP contribution is 1.98. The predicted molar refractivity (Wildman–Crippen MR) is 66.4 cm³/mol. The Bertz CT molecular complexity index is 298. The van der Waals surface area contributed by atoms with Crippen LogP contribution in [0.25, 0.3) is 0 Å². The van der Waals surface area contributed by atoms with Gasteiger partial charge in [0.25, 0.3) is 0 Å². The number of unbranched alkanes of at least 4 members (excludes halogenated alkanes) is 1. The van der Waals surface area contributed by atoms with E-state index < -0.39 is 9.84 Å². The van der Waals surface area contributed by atoms with Gasteiger partial charge in [0.15, 0.2) is 9.84 Å².